The number of methoxy groups -OCH3 is 1. The van der Waals surface area contributed by atoms with E-state index in [2.05, 4.69) is 48.5 Å². The first kappa shape index (κ1) is 14.0. The minimum absolute atomic E-state index is 0.0304. The van der Waals surface area contributed by atoms with Crippen molar-refractivity contribution in [3.63, 3.8) is 0 Å². The summed E-state index contributed by atoms with van der Waals surface area (Å²) in [6.45, 7) is 0. The molecule has 0 bridgehead atoms. The van der Waals surface area contributed by atoms with E-state index in [9.17, 15) is 0 Å². The zero-order valence-corrected chi connectivity index (χ0v) is 12.7. The summed E-state index contributed by atoms with van der Waals surface area (Å²) in [4.78, 5) is 7.71. The Morgan fingerprint density at radius 2 is 2.00 bits per heavy atom. The second-order valence-electron chi connectivity index (χ2n) is 2.95. The molecule has 0 aromatic heterocycles. The zero-order valence-electron chi connectivity index (χ0n) is 8.95. The standard InChI is InChI=1S/C9H11BrIN5O/c1-17-7-5(11)2-4(10)3-6(7)15-9(14)16-8(12)13/h2-3H,1H3,(H6,12,13,14,15,16). The number of benzene rings is 1. The molecule has 1 rings (SSSR count). The number of nitrogens with zero attached hydrogens (tertiary/aromatic N) is 2. The van der Waals surface area contributed by atoms with Crippen molar-refractivity contribution in [1.29, 1.82) is 0 Å². The predicted molar refractivity (Wildman–Crippen MR) is 80.5 cm³/mol. The van der Waals surface area contributed by atoms with Crippen molar-refractivity contribution in [2.75, 3.05) is 7.11 Å². The van der Waals surface area contributed by atoms with Crippen LogP contribution < -0.4 is 21.9 Å². The van der Waals surface area contributed by atoms with E-state index >= 15 is 0 Å². The van der Waals surface area contributed by atoms with Crippen LogP contribution in [0.5, 0.6) is 5.75 Å². The van der Waals surface area contributed by atoms with Crippen molar-refractivity contribution in [1.82, 2.24) is 0 Å². The lowest BCUT2D eigenvalue weighted by Gasteiger charge is -2.07. The highest BCUT2D eigenvalue weighted by Crippen LogP contribution is 2.35. The summed E-state index contributed by atoms with van der Waals surface area (Å²) in [5.41, 5.74) is 16.5. The third-order valence-corrected chi connectivity index (χ3v) is 2.93. The second-order valence-corrected chi connectivity index (χ2v) is 5.02. The van der Waals surface area contributed by atoms with Crippen LogP contribution in [0.4, 0.5) is 5.69 Å². The van der Waals surface area contributed by atoms with Gasteiger partial charge in [0.15, 0.2) is 11.7 Å². The van der Waals surface area contributed by atoms with Gasteiger partial charge in [-0.3, -0.25) is 0 Å². The Balaban J connectivity index is 3.26. The van der Waals surface area contributed by atoms with Crippen molar-refractivity contribution < 1.29 is 4.74 Å². The number of rotatable bonds is 2. The first-order valence-electron chi connectivity index (χ1n) is 4.41. The third kappa shape index (κ3) is 4.04. The van der Waals surface area contributed by atoms with Crippen LogP contribution in [-0.2, 0) is 0 Å². The quantitative estimate of drug-likeness (QED) is 0.386. The van der Waals surface area contributed by atoms with Crippen LogP contribution in [0, 0.1) is 3.57 Å². The molecular weight excluding hydrogens is 401 g/mol. The molecule has 0 heterocycles. The third-order valence-electron chi connectivity index (χ3n) is 1.67. The van der Waals surface area contributed by atoms with E-state index in [0.717, 1.165) is 8.04 Å². The molecule has 6 nitrogen and oxygen atoms in total. The summed E-state index contributed by atoms with van der Waals surface area (Å²) >= 11 is 5.50. The summed E-state index contributed by atoms with van der Waals surface area (Å²) in [5.74, 6) is 0.439. The molecule has 6 N–H and O–H groups in total. The first-order valence-corrected chi connectivity index (χ1v) is 6.28. The largest absolute Gasteiger partial charge is 0.493 e. The molecule has 0 radical (unpaired) electrons. The van der Waals surface area contributed by atoms with E-state index in [1.54, 1.807) is 13.2 Å². The average molecular weight is 412 g/mol. The maximum Gasteiger partial charge on any atom is 0.223 e. The normalized spacial score (nSPS) is 11.1. The van der Waals surface area contributed by atoms with Gasteiger partial charge in [0.05, 0.1) is 10.7 Å². The Kier molecular flexibility index (Phi) is 5.00. The molecule has 0 fully saturated rings. The molecule has 0 atom stereocenters. The Hall–Kier alpha value is -1.03. The second kappa shape index (κ2) is 6.05. The van der Waals surface area contributed by atoms with Gasteiger partial charge in [-0.1, -0.05) is 15.9 Å². The fraction of sp³-hybridized carbons (Fsp3) is 0.111. The molecule has 0 aliphatic heterocycles. The highest BCUT2D eigenvalue weighted by Gasteiger charge is 2.09. The number of ether oxygens (including phenoxy) is 1. The van der Waals surface area contributed by atoms with E-state index < -0.39 is 0 Å². The van der Waals surface area contributed by atoms with Gasteiger partial charge in [0.25, 0.3) is 0 Å². The van der Waals surface area contributed by atoms with Gasteiger partial charge in [-0.2, -0.15) is 4.99 Å². The van der Waals surface area contributed by atoms with Crippen LogP contribution in [-0.4, -0.2) is 19.0 Å². The molecule has 92 valence electrons. The number of hydrogen-bond donors (Lipinski definition) is 3. The smallest absolute Gasteiger partial charge is 0.223 e. The topological polar surface area (TPSA) is 112 Å². The minimum atomic E-state index is -0.144. The molecule has 0 saturated heterocycles. The van der Waals surface area contributed by atoms with Crippen LogP contribution >= 0.6 is 38.5 Å². The summed E-state index contributed by atoms with van der Waals surface area (Å²) in [5, 5.41) is 0. The minimum Gasteiger partial charge on any atom is -0.493 e. The van der Waals surface area contributed by atoms with Gasteiger partial charge in [-0.15, -0.1) is 0 Å². The summed E-state index contributed by atoms with van der Waals surface area (Å²) in [6.07, 6.45) is 0. The number of hydrogen-bond acceptors (Lipinski definition) is 2. The van der Waals surface area contributed by atoms with E-state index in [1.807, 2.05) is 6.07 Å². The number of halogens is 2. The molecule has 0 amide bonds. The van der Waals surface area contributed by atoms with E-state index in [1.165, 1.54) is 0 Å². The lowest BCUT2D eigenvalue weighted by molar-refractivity contribution is 0.413. The summed E-state index contributed by atoms with van der Waals surface area (Å²) in [7, 11) is 1.56. The monoisotopic (exact) mass is 411 g/mol. The molecule has 0 aliphatic carbocycles. The van der Waals surface area contributed by atoms with Crippen LogP contribution in [0.3, 0.4) is 0 Å². The summed E-state index contributed by atoms with van der Waals surface area (Å²) in [6, 6.07) is 3.66. The van der Waals surface area contributed by atoms with Crippen molar-refractivity contribution in [3.05, 3.63) is 20.2 Å². The molecule has 8 heteroatoms. The molecule has 17 heavy (non-hydrogen) atoms. The van der Waals surface area contributed by atoms with Crippen molar-refractivity contribution >= 4 is 56.1 Å². The fourth-order valence-electron chi connectivity index (χ4n) is 1.11. The lowest BCUT2D eigenvalue weighted by atomic mass is 10.3. The van der Waals surface area contributed by atoms with Gasteiger partial charge in [0.2, 0.25) is 5.96 Å². The molecule has 0 saturated carbocycles. The predicted octanol–water partition coefficient (Wildman–Crippen LogP) is 1.28. The molecule has 0 unspecified atom stereocenters. The van der Waals surface area contributed by atoms with E-state index in [0.29, 0.717) is 11.4 Å². The van der Waals surface area contributed by atoms with Crippen molar-refractivity contribution in [2.45, 2.75) is 0 Å². The van der Waals surface area contributed by atoms with Gasteiger partial charge < -0.3 is 21.9 Å². The van der Waals surface area contributed by atoms with Crippen LogP contribution in [0.2, 0.25) is 0 Å². The highest BCUT2D eigenvalue weighted by atomic mass is 127. The highest BCUT2D eigenvalue weighted by molar-refractivity contribution is 14.1. The van der Waals surface area contributed by atoms with Gasteiger partial charge in [0, 0.05) is 4.47 Å². The summed E-state index contributed by atoms with van der Waals surface area (Å²) < 4.78 is 6.99. The SMILES string of the molecule is COc1c(I)cc(Br)cc1N=C(N)N=C(N)N. The lowest BCUT2D eigenvalue weighted by Crippen LogP contribution is -2.26. The Morgan fingerprint density at radius 3 is 2.53 bits per heavy atom. The van der Waals surface area contributed by atoms with Gasteiger partial charge in [0.1, 0.15) is 5.69 Å². The maximum absolute atomic E-state index is 5.56. The Morgan fingerprint density at radius 1 is 1.35 bits per heavy atom. The molecule has 1 aromatic carbocycles. The first-order chi connectivity index (χ1) is 7.93. The molecule has 0 spiro atoms. The van der Waals surface area contributed by atoms with Crippen molar-refractivity contribution in [2.24, 2.45) is 27.2 Å². The van der Waals surface area contributed by atoms with Gasteiger partial charge in [-0.25, -0.2) is 4.99 Å². The van der Waals surface area contributed by atoms with Gasteiger partial charge in [-0.05, 0) is 34.7 Å². The zero-order chi connectivity index (χ0) is 13.0. The number of guanidine groups is 2. The Labute approximate surface area is 121 Å². The van der Waals surface area contributed by atoms with Gasteiger partial charge >= 0.3 is 0 Å². The molecule has 0 aliphatic rings. The Bertz CT molecular complexity index is 485. The van der Waals surface area contributed by atoms with E-state index in [-0.39, 0.29) is 11.9 Å². The number of aliphatic imine (C=N–C) groups is 2. The average Bonchev–Trinajstić information content (AvgIpc) is 2.15. The van der Waals surface area contributed by atoms with Crippen molar-refractivity contribution in [3.8, 4) is 5.75 Å². The maximum atomic E-state index is 5.56. The molecular formula is C9H11BrIN5O. The fourth-order valence-corrected chi connectivity index (χ4v) is 2.82. The van der Waals surface area contributed by atoms with E-state index in [4.69, 9.17) is 21.9 Å². The van der Waals surface area contributed by atoms with Crippen LogP contribution in [0.1, 0.15) is 0 Å². The number of nitrogens with two attached hydrogens (primary N) is 3. The molecule has 1 aromatic rings. The van der Waals surface area contributed by atoms with Crippen LogP contribution in [0.25, 0.3) is 0 Å². The van der Waals surface area contributed by atoms with Crippen LogP contribution in [0.15, 0.2) is 26.6 Å².